The van der Waals surface area contributed by atoms with E-state index in [0.717, 1.165) is 44.0 Å². The van der Waals surface area contributed by atoms with Crippen molar-refractivity contribution in [2.45, 2.75) is 44.4 Å². The van der Waals surface area contributed by atoms with Gasteiger partial charge in [-0.3, -0.25) is 9.69 Å². The maximum absolute atomic E-state index is 13.3. The van der Waals surface area contributed by atoms with Crippen molar-refractivity contribution < 1.29 is 18.7 Å². The summed E-state index contributed by atoms with van der Waals surface area (Å²) in [5, 5.41) is 0. The lowest BCUT2D eigenvalue weighted by Crippen LogP contribution is -2.50. The summed E-state index contributed by atoms with van der Waals surface area (Å²) in [7, 11) is 1.64. The van der Waals surface area contributed by atoms with E-state index in [4.69, 9.17) is 13.9 Å². The van der Waals surface area contributed by atoms with E-state index in [1.54, 1.807) is 13.4 Å². The zero-order chi connectivity index (χ0) is 20.1. The first-order chi connectivity index (χ1) is 14.2. The monoisotopic (exact) mass is 398 g/mol. The van der Waals surface area contributed by atoms with Crippen molar-refractivity contribution in [2.75, 3.05) is 33.4 Å². The third kappa shape index (κ3) is 5.00. The molecule has 156 valence electrons. The molecule has 1 aromatic heterocycles. The van der Waals surface area contributed by atoms with Gasteiger partial charge in [-0.15, -0.1) is 0 Å². The second-order valence-electron chi connectivity index (χ2n) is 7.93. The standard InChI is InChI=1S/C23H30N2O4/c1-27-20-10-8-18(9-11-20)23(26)25(19-5-2-3-6-19)17-22-16-24(12-14-29-22)15-21-7-4-13-28-21/h4,7-11,13,19,22H,2-3,5-6,12,14-17H2,1H3. The van der Waals surface area contributed by atoms with Crippen LogP contribution in [0.25, 0.3) is 0 Å². The van der Waals surface area contributed by atoms with Crippen LogP contribution in [-0.2, 0) is 11.3 Å². The molecular weight excluding hydrogens is 368 g/mol. The molecule has 2 fully saturated rings. The Labute approximate surface area is 172 Å². The van der Waals surface area contributed by atoms with Gasteiger partial charge in [0.2, 0.25) is 0 Å². The van der Waals surface area contributed by atoms with Crippen molar-refractivity contribution in [3.63, 3.8) is 0 Å². The Kier molecular flexibility index (Phi) is 6.52. The minimum Gasteiger partial charge on any atom is -0.497 e. The summed E-state index contributed by atoms with van der Waals surface area (Å²) >= 11 is 0. The fraction of sp³-hybridized carbons (Fsp3) is 0.522. The molecule has 0 radical (unpaired) electrons. The predicted molar refractivity (Wildman–Crippen MR) is 110 cm³/mol. The van der Waals surface area contributed by atoms with Gasteiger partial charge < -0.3 is 18.8 Å². The smallest absolute Gasteiger partial charge is 0.254 e. The molecule has 0 spiro atoms. The molecule has 1 aliphatic heterocycles. The molecule has 1 unspecified atom stereocenters. The van der Waals surface area contributed by atoms with Crippen molar-refractivity contribution >= 4 is 5.91 Å². The summed E-state index contributed by atoms with van der Waals surface area (Å²) in [4.78, 5) is 17.7. The number of nitrogens with zero attached hydrogens (tertiary/aromatic N) is 2. The number of carbonyl (C=O) groups is 1. The average molecular weight is 399 g/mol. The SMILES string of the molecule is COc1ccc(C(=O)N(CC2CN(Cc3ccco3)CCO2)C2CCCC2)cc1. The van der Waals surface area contributed by atoms with Gasteiger partial charge in [-0.2, -0.15) is 0 Å². The lowest BCUT2D eigenvalue weighted by Gasteiger charge is -2.37. The van der Waals surface area contributed by atoms with Crippen LogP contribution in [0.5, 0.6) is 5.75 Å². The minimum absolute atomic E-state index is 0.0153. The topological polar surface area (TPSA) is 55.2 Å². The van der Waals surface area contributed by atoms with E-state index in [1.807, 2.05) is 36.4 Å². The molecule has 1 atom stereocenters. The number of morpholine rings is 1. The van der Waals surface area contributed by atoms with Crippen LogP contribution in [0, 0.1) is 0 Å². The van der Waals surface area contributed by atoms with Gasteiger partial charge in [0.1, 0.15) is 11.5 Å². The first kappa shape index (κ1) is 20.0. The van der Waals surface area contributed by atoms with E-state index in [-0.39, 0.29) is 12.0 Å². The van der Waals surface area contributed by atoms with Gasteiger partial charge in [0.15, 0.2) is 0 Å². The van der Waals surface area contributed by atoms with Crippen LogP contribution in [0.4, 0.5) is 0 Å². The maximum Gasteiger partial charge on any atom is 0.254 e. The predicted octanol–water partition coefficient (Wildman–Crippen LogP) is 3.57. The van der Waals surface area contributed by atoms with E-state index >= 15 is 0 Å². The highest BCUT2D eigenvalue weighted by atomic mass is 16.5. The molecule has 1 saturated carbocycles. The van der Waals surface area contributed by atoms with E-state index in [2.05, 4.69) is 9.80 Å². The van der Waals surface area contributed by atoms with Crippen LogP contribution in [0.1, 0.15) is 41.8 Å². The van der Waals surface area contributed by atoms with E-state index in [9.17, 15) is 4.79 Å². The lowest BCUT2D eigenvalue weighted by molar-refractivity contribution is -0.0482. The van der Waals surface area contributed by atoms with Crippen LogP contribution < -0.4 is 4.74 Å². The quantitative estimate of drug-likeness (QED) is 0.714. The second-order valence-corrected chi connectivity index (χ2v) is 7.93. The molecule has 2 heterocycles. The Morgan fingerprint density at radius 1 is 1.21 bits per heavy atom. The summed E-state index contributed by atoms with van der Waals surface area (Å²) in [6, 6.07) is 11.6. The van der Waals surface area contributed by atoms with E-state index < -0.39 is 0 Å². The Bertz CT molecular complexity index is 769. The fourth-order valence-corrected chi connectivity index (χ4v) is 4.39. The zero-order valence-corrected chi connectivity index (χ0v) is 17.1. The average Bonchev–Trinajstić information content (AvgIpc) is 3.46. The van der Waals surface area contributed by atoms with E-state index in [1.165, 1.54) is 12.8 Å². The number of hydrogen-bond acceptors (Lipinski definition) is 5. The van der Waals surface area contributed by atoms with Gasteiger partial charge in [-0.1, -0.05) is 12.8 Å². The highest BCUT2D eigenvalue weighted by molar-refractivity contribution is 5.94. The highest BCUT2D eigenvalue weighted by Crippen LogP contribution is 2.26. The number of amides is 1. The third-order valence-corrected chi connectivity index (χ3v) is 5.95. The number of hydrogen-bond donors (Lipinski definition) is 0. The Morgan fingerprint density at radius 3 is 2.69 bits per heavy atom. The van der Waals surface area contributed by atoms with Crippen LogP contribution in [-0.4, -0.2) is 61.2 Å². The van der Waals surface area contributed by atoms with Crippen LogP contribution in [0.15, 0.2) is 47.1 Å². The summed E-state index contributed by atoms with van der Waals surface area (Å²) in [5.41, 5.74) is 0.709. The van der Waals surface area contributed by atoms with Gasteiger partial charge >= 0.3 is 0 Å². The maximum atomic E-state index is 13.3. The molecule has 2 aliphatic rings. The second kappa shape index (κ2) is 9.46. The first-order valence-corrected chi connectivity index (χ1v) is 10.5. The van der Waals surface area contributed by atoms with Crippen molar-refractivity contribution in [1.29, 1.82) is 0 Å². The van der Waals surface area contributed by atoms with Gasteiger partial charge in [0.05, 0.1) is 32.6 Å². The highest BCUT2D eigenvalue weighted by Gasteiger charge is 2.31. The molecule has 2 aromatic rings. The number of carbonyl (C=O) groups excluding carboxylic acids is 1. The third-order valence-electron chi connectivity index (χ3n) is 5.95. The van der Waals surface area contributed by atoms with Crippen LogP contribution in [0.2, 0.25) is 0 Å². The Morgan fingerprint density at radius 2 is 2.00 bits per heavy atom. The van der Waals surface area contributed by atoms with Crippen molar-refractivity contribution in [3.05, 3.63) is 54.0 Å². The number of furan rings is 1. The van der Waals surface area contributed by atoms with Crippen LogP contribution in [0.3, 0.4) is 0 Å². The molecule has 6 heteroatoms. The fourth-order valence-electron chi connectivity index (χ4n) is 4.39. The molecule has 4 rings (SSSR count). The number of benzene rings is 1. The summed E-state index contributed by atoms with van der Waals surface area (Å²) in [6.07, 6.45) is 6.25. The Balaban J connectivity index is 1.44. The van der Waals surface area contributed by atoms with Crippen molar-refractivity contribution in [1.82, 2.24) is 9.80 Å². The molecule has 1 amide bonds. The lowest BCUT2D eigenvalue weighted by atomic mass is 10.1. The molecular formula is C23H30N2O4. The minimum atomic E-state index is 0.0153. The normalized spacial score (nSPS) is 20.7. The molecule has 6 nitrogen and oxygen atoms in total. The van der Waals surface area contributed by atoms with Gasteiger partial charge in [-0.05, 0) is 49.2 Å². The van der Waals surface area contributed by atoms with Gasteiger partial charge in [0, 0.05) is 31.2 Å². The molecule has 1 aliphatic carbocycles. The summed E-state index contributed by atoms with van der Waals surface area (Å²) in [5.74, 6) is 1.82. The van der Waals surface area contributed by atoms with Gasteiger partial charge in [0.25, 0.3) is 5.91 Å². The molecule has 0 N–H and O–H groups in total. The number of ether oxygens (including phenoxy) is 2. The first-order valence-electron chi connectivity index (χ1n) is 10.5. The summed E-state index contributed by atoms with van der Waals surface area (Å²) in [6.45, 7) is 3.78. The van der Waals surface area contributed by atoms with E-state index in [0.29, 0.717) is 24.8 Å². The molecule has 29 heavy (non-hydrogen) atoms. The number of methoxy groups -OCH3 is 1. The Hall–Kier alpha value is -2.31. The molecule has 0 bridgehead atoms. The molecule has 1 saturated heterocycles. The summed E-state index contributed by atoms with van der Waals surface area (Å²) < 4.78 is 16.8. The largest absolute Gasteiger partial charge is 0.497 e. The van der Waals surface area contributed by atoms with Crippen LogP contribution >= 0.6 is 0 Å². The zero-order valence-electron chi connectivity index (χ0n) is 17.1. The van der Waals surface area contributed by atoms with Crippen molar-refractivity contribution in [3.8, 4) is 5.75 Å². The number of rotatable bonds is 7. The van der Waals surface area contributed by atoms with Gasteiger partial charge in [-0.25, -0.2) is 0 Å². The van der Waals surface area contributed by atoms with Crippen molar-refractivity contribution in [2.24, 2.45) is 0 Å². The molecule has 1 aromatic carbocycles.